The van der Waals surface area contributed by atoms with Crippen LogP contribution in [0.25, 0.3) is 10.2 Å². The largest absolute Gasteiger partial charge is 0.405 e. The summed E-state index contributed by atoms with van der Waals surface area (Å²) in [7, 11) is 0. The van der Waals surface area contributed by atoms with Crippen LogP contribution in [0.2, 0.25) is 0 Å². The summed E-state index contributed by atoms with van der Waals surface area (Å²) >= 11 is 1.58. The summed E-state index contributed by atoms with van der Waals surface area (Å²) in [5.74, 6) is -0.602. The maximum Gasteiger partial charge on any atom is 0.405 e. The highest BCUT2D eigenvalue weighted by molar-refractivity contribution is 7.18. The van der Waals surface area contributed by atoms with Crippen LogP contribution in [0.1, 0.15) is 23.9 Å². The predicted molar refractivity (Wildman–Crippen MR) is 82.2 cm³/mol. The highest BCUT2D eigenvalue weighted by Gasteiger charge is 2.32. The fraction of sp³-hybridized carbons (Fsp3) is 0.467. The summed E-state index contributed by atoms with van der Waals surface area (Å²) in [5, 5.41) is 2.85. The minimum Gasteiger partial charge on any atom is -0.346 e. The standard InChI is InChI=1S/C15H16F3N3OS/c16-15(17,18)9-19-13(22)8-21-7-3-5-11(21)14-20-10-4-1-2-6-12(10)23-14/h1-2,4,6,11H,3,5,7-9H2,(H,19,22)/t11-/m0/s1. The number of thiazole rings is 1. The van der Waals surface area contributed by atoms with Crippen molar-refractivity contribution in [1.29, 1.82) is 0 Å². The van der Waals surface area contributed by atoms with Crippen LogP contribution < -0.4 is 5.32 Å². The Morgan fingerprint density at radius 3 is 2.91 bits per heavy atom. The Kier molecular flexibility index (Phi) is 4.54. The van der Waals surface area contributed by atoms with Gasteiger partial charge in [-0.1, -0.05) is 12.1 Å². The third-order valence-electron chi connectivity index (χ3n) is 3.79. The molecule has 1 aliphatic rings. The second-order valence-corrected chi connectivity index (χ2v) is 6.60. The molecule has 0 bridgehead atoms. The molecular formula is C15H16F3N3OS. The Morgan fingerprint density at radius 2 is 2.17 bits per heavy atom. The summed E-state index contributed by atoms with van der Waals surface area (Å²) in [6.07, 6.45) is -2.60. The van der Waals surface area contributed by atoms with Gasteiger partial charge in [0.25, 0.3) is 0 Å². The van der Waals surface area contributed by atoms with Crippen LogP contribution in [-0.4, -0.2) is 41.6 Å². The monoisotopic (exact) mass is 343 g/mol. The van der Waals surface area contributed by atoms with Gasteiger partial charge in [0.1, 0.15) is 11.6 Å². The highest BCUT2D eigenvalue weighted by Crippen LogP contribution is 2.36. The molecule has 1 fully saturated rings. The van der Waals surface area contributed by atoms with Crippen molar-refractivity contribution >= 4 is 27.5 Å². The number of para-hydroxylation sites is 1. The quantitative estimate of drug-likeness (QED) is 0.928. The van der Waals surface area contributed by atoms with E-state index in [-0.39, 0.29) is 12.6 Å². The fourth-order valence-corrected chi connectivity index (χ4v) is 3.90. The molecule has 0 unspecified atom stereocenters. The van der Waals surface area contributed by atoms with Crippen molar-refractivity contribution in [3.8, 4) is 0 Å². The van der Waals surface area contributed by atoms with E-state index in [2.05, 4.69) is 4.98 Å². The molecule has 0 radical (unpaired) electrons. The number of hydrogen-bond acceptors (Lipinski definition) is 4. The lowest BCUT2D eigenvalue weighted by Crippen LogP contribution is -2.40. The maximum atomic E-state index is 12.2. The van der Waals surface area contributed by atoms with E-state index in [9.17, 15) is 18.0 Å². The molecule has 1 N–H and O–H groups in total. The lowest BCUT2D eigenvalue weighted by molar-refractivity contribution is -0.139. The van der Waals surface area contributed by atoms with Gasteiger partial charge in [0, 0.05) is 0 Å². The average Bonchev–Trinajstić information content (AvgIpc) is 3.10. The van der Waals surface area contributed by atoms with Crippen LogP contribution >= 0.6 is 11.3 Å². The summed E-state index contributed by atoms with van der Waals surface area (Å²) in [4.78, 5) is 18.2. The van der Waals surface area contributed by atoms with Crippen LogP contribution in [-0.2, 0) is 4.79 Å². The van der Waals surface area contributed by atoms with E-state index in [1.54, 1.807) is 11.3 Å². The molecule has 1 aromatic heterocycles. The van der Waals surface area contributed by atoms with E-state index < -0.39 is 18.6 Å². The van der Waals surface area contributed by atoms with Gasteiger partial charge in [0.15, 0.2) is 0 Å². The van der Waals surface area contributed by atoms with Crippen LogP contribution in [0.15, 0.2) is 24.3 Å². The zero-order valence-corrected chi connectivity index (χ0v) is 13.1. The lowest BCUT2D eigenvalue weighted by Gasteiger charge is -2.22. The molecule has 23 heavy (non-hydrogen) atoms. The Labute approximate surface area is 135 Å². The van der Waals surface area contributed by atoms with E-state index in [4.69, 9.17) is 0 Å². The number of aromatic nitrogens is 1. The Hall–Kier alpha value is -1.67. The number of benzene rings is 1. The zero-order chi connectivity index (χ0) is 16.4. The SMILES string of the molecule is O=C(CN1CCC[C@H]1c1nc2ccccc2s1)NCC(F)(F)F. The number of halogens is 3. The van der Waals surface area contributed by atoms with Gasteiger partial charge in [-0.15, -0.1) is 11.3 Å². The van der Waals surface area contributed by atoms with E-state index >= 15 is 0 Å². The molecule has 1 aromatic carbocycles. The molecule has 4 nitrogen and oxygen atoms in total. The normalized spacial score (nSPS) is 19.3. The molecule has 2 aromatic rings. The molecule has 1 aliphatic heterocycles. The summed E-state index contributed by atoms with van der Waals surface area (Å²) in [5.41, 5.74) is 0.917. The minimum absolute atomic E-state index is 0.00374. The summed E-state index contributed by atoms with van der Waals surface area (Å²) < 4.78 is 37.5. The fourth-order valence-electron chi connectivity index (χ4n) is 2.77. The van der Waals surface area contributed by atoms with Crippen LogP contribution in [0.3, 0.4) is 0 Å². The predicted octanol–water partition coefficient (Wildman–Crippen LogP) is 3.11. The number of nitrogens with one attached hydrogen (secondary N) is 1. The Balaban J connectivity index is 1.66. The van der Waals surface area contributed by atoms with Crippen molar-refractivity contribution < 1.29 is 18.0 Å². The molecule has 1 amide bonds. The van der Waals surface area contributed by atoms with Crippen molar-refractivity contribution in [2.24, 2.45) is 0 Å². The van der Waals surface area contributed by atoms with Crippen molar-refractivity contribution in [2.75, 3.05) is 19.6 Å². The van der Waals surface area contributed by atoms with Gasteiger partial charge in [-0.2, -0.15) is 13.2 Å². The molecule has 8 heteroatoms. The van der Waals surface area contributed by atoms with Crippen molar-refractivity contribution in [3.63, 3.8) is 0 Å². The van der Waals surface area contributed by atoms with Crippen LogP contribution in [0, 0.1) is 0 Å². The zero-order valence-electron chi connectivity index (χ0n) is 12.3. The van der Waals surface area contributed by atoms with Gasteiger partial charge in [-0.25, -0.2) is 4.98 Å². The molecule has 0 spiro atoms. The van der Waals surface area contributed by atoms with Crippen LogP contribution in [0.5, 0.6) is 0 Å². The number of carbonyl (C=O) groups excluding carboxylic acids is 1. The Bertz CT molecular complexity index is 668. The van der Waals surface area contributed by atoms with Crippen molar-refractivity contribution in [3.05, 3.63) is 29.3 Å². The molecular weight excluding hydrogens is 327 g/mol. The van der Waals surface area contributed by atoms with E-state index in [1.807, 2.05) is 34.5 Å². The second kappa shape index (κ2) is 6.45. The van der Waals surface area contributed by atoms with Gasteiger partial charge in [0.05, 0.1) is 22.8 Å². The van der Waals surface area contributed by atoms with E-state index in [1.165, 1.54) is 0 Å². The number of nitrogens with zero attached hydrogens (tertiary/aromatic N) is 2. The molecule has 0 aliphatic carbocycles. The first-order valence-electron chi connectivity index (χ1n) is 7.35. The second-order valence-electron chi connectivity index (χ2n) is 5.54. The summed E-state index contributed by atoms with van der Waals surface area (Å²) in [6.45, 7) is -0.623. The molecule has 2 heterocycles. The highest BCUT2D eigenvalue weighted by atomic mass is 32.1. The third kappa shape index (κ3) is 4.00. The smallest absolute Gasteiger partial charge is 0.346 e. The summed E-state index contributed by atoms with van der Waals surface area (Å²) in [6, 6.07) is 7.80. The number of carbonyl (C=O) groups is 1. The molecule has 0 saturated carbocycles. The number of fused-ring (bicyclic) bond motifs is 1. The van der Waals surface area contributed by atoms with E-state index in [0.717, 1.165) is 28.1 Å². The molecule has 1 saturated heterocycles. The maximum absolute atomic E-state index is 12.2. The first kappa shape index (κ1) is 16.2. The van der Waals surface area contributed by atoms with Gasteiger partial charge >= 0.3 is 6.18 Å². The van der Waals surface area contributed by atoms with Gasteiger partial charge < -0.3 is 5.32 Å². The van der Waals surface area contributed by atoms with Crippen molar-refractivity contribution in [1.82, 2.24) is 15.2 Å². The minimum atomic E-state index is -4.38. The molecule has 124 valence electrons. The first-order valence-corrected chi connectivity index (χ1v) is 8.17. The van der Waals surface area contributed by atoms with E-state index in [0.29, 0.717) is 6.54 Å². The molecule has 1 atom stereocenters. The lowest BCUT2D eigenvalue weighted by atomic mass is 10.2. The number of hydrogen-bond donors (Lipinski definition) is 1. The number of alkyl halides is 3. The average molecular weight is 343 g/mol. The topological polar surface area (TPSA) is 45.2 Å². The van der Waals surface area contributed by atoms with Gasteiger partial charge in [0.2, 0.25) is 5.91 Å². The van der Waals surface area contributed by atoms with Gasteiger partial charge in [-0.3, -0.25) is 9.69 Å². The Morgan fingerprint density at radius 1 is 1.39 bits per heavy atom. The number of likely N-dealkylation sites (tertiary alicyclic amines) is 1. The third-order valence-corrected chi connectivity index (χ3v) is 4.93. The number of rotatable bonds is 4. The van der Waals surface area contributed by atoms with Gasteiger partial charge in [-0.05, 0) is 31.5 Å². The first-order chi connectivity index (χ1) is 10.9. The van der Waals surface area contributed by atoms with Crippen LogP contribution in [0.4, 0.5) is 13.2 Å². The molecule has 3 rings (SSSR count). The number of amides is 1. The van der Waals surface area contributed by atoms with Crippen molar-refractivity contribution in [2.45, 2.75) is 25.1 Å².